The van der Waals surface area contributed by atoms with Gasteiger partial charge in [0, 0.05) is 12.3 Å². The van der Waals surface area contributed by atoms with Gasteiger partial charge in [-0.05, 0) is 22.3 Å². The maximum absolute atomic E-state index is 13.1. The van der Waals surface area contributed by atoms with Crippen LogP contribution in [0.3, 0.4) is 0 Å². The van der Waals surface area contributed by atoms with E-state index in [-0.39, 0.29) is 12.5 Å². The molecule has 0 aliphatic heterocycles. The van der Waals surface area contributed by atoms with Crippen LogP contribution in [0.2, 0.25) is 0 Å². The summed E-state index contributed by atoms with van der Waals surface area (Å²) in [6.07, 6.45) is -5.90. The molecule has 0 bridgehead atoms. The van der Waals surface area contributed by atoms with Gasteiger partial charge >= 0.3 is 18.0 Å². The van der Waals surface area contributed by atoms with Gasteiger partial charge in [0.2, 0.25) is 12.3 Å². The molecule has 11 heteroatoms. The highest BCUT2D eigenvalue weighted by molar-refractivity contribution is 5.91. The fourth-order valence-corrected chi connectivity index (χ4v) is 3.91. The topological polar surface area (TPSA) is 131 Å². The van der Waals surface area contributed by atoms with Gasteiger partial charge in [-0.15, -0.1) is 0 Å². The van der Waals surface area contributed by atoms with Gasteiger partial charge in [0.05, 0.1) is 13.5 Å². The van der Waals surface area contributed by atoms with Crippen LogP contribution in [0.25, 0.3) is 11.1 Å². The Kier molecular flexibility index (Phi) is 8.34. The van der Waals surface area contributed by atoms with Crippen molar-refractivity contribution in [3.05, 3.63) is 59.7 Å². The molecule has 0 saturated carbocycles. The number of esters is 1. The van der Waals surface area contributed by atoms with Crippen molar-refractivity contribution in [2.75, 3.05) is 13.7 Å². The highest BCUT2D eigenvalue weighted by Gasteiger charge is 2.32. The minimum Gasteiger partial charge on any atom is -0.480 e. The zero-order valence-electron chi connectivity index (χ0n) is 18.7. The van der Waals surface area contributed by atoms with Gasteiger partial charge in [-0.2, -0.15) is 0 Å². The van der Waals surface area contributed by atoms with Crippen LogP contribution in [-0.4, -0.2) is 61.3 Å². The molecule has 35 heavy (non-hydrogen) atoms. The first-order valence-electron chi connectivity index (χ1n) is 10.7. The molecular formula is C24H24F2N2O7. The first-order valence-corrected chi connectivity index (χ1v) is 10.7. The van der Waals surface area contributed by atoms with E-state index in [4.69, 9.17) is 4.74 Å². The van der Waals surface area contributed by atoms with Gasteiger partial charge in [-0.25, -0.2) is 18.4 Å². The maximum atomic E-state index is 13.1. The van der Waals surface area contributed by atoms with Crippen molar-refractivity contribution in [2.24, 2.45) is 0 Å². The number of hydrogen-bond acceptors (Lipinski definition) is 6. The molecule has 3 N–H and O–H groups in total. The number of aliphatic carboxylic acids is 1. The lowest BCUT2D eigenvalue weighted by Gasteiger charge is -2.21. The van der Waals surface area contributed by atoms with E-state index in [2.05, 4.69) is 10.1 Å². The molecule has 2 aromatic carbocycles. The summed E-state index contributed by atoms with van der Waals surface area (Å²) in [5.41, 5.74) is 3.88. The predicted molar refractivity (Wildman–Crippen MR) is 119 cm³/mol. The number of carboxylic acids is 1. The van der Waals surface area contributed by atoms with E-state index in [0.717, 1.165) is 29.4 Å². The zero-order valence-corrected chi connectivity index (χ0v) is 18.7. The Morgan fingerprint density at radius 2 is 1.51 bits per heavy atom. The first-order chi connectivity index (χ1) is 16.7. The molecule has 0 fully saturated rings. The molecular weight excluding hydrogens is 466 g/mol. The summed E-state index contributed by atoms with van der Waals surface area (Å²) in [7, 11) is 1.03. The fraction of sp³-hybridized carbons (Fsp3) is 0.333. The SMILES string of the molecule is COC(=O)C[C@@H](NC(=O)C(CC(F)F)NC(=O)OCC1c2ccccc2-c2ccccc21)C(=O)O. The van der Waals surface area contributed by atoms with Crippen LogP contribution in [0.5, 0.6) is 0 Å². The van der Waals surface area contributed by atoms with Crippen LogP contribution in [0.1, 0.15) is 29.9 Å². The smallest absolute Gasteiger partial charge is 0.407 e. The van der Waals surface area contributed by atoms with Crippen molar-refractivity contribution in [3.8, 4) is 11.1 Å². The van der Waals surface area contributed by atoms with Crippen molar-refractivity contribution in [3.63, 3.8) is 0 Å². The van der Waals surface area contributed by atoms with Crippen molar-refractivity contribution in [1.82, 2.24) is 10.6 Å². The van der Waals surface area contributed by atoms with E-state index in [9.17, 15) is 33.1 Å². The Hall–Kier alpha value is -4.02. The summed E-state index contributed by atoms with van der Waals surface area (Å²) in [6.45, 7) is -0.108. The number of methoxy groups -OCH3 is 1. The van der Waals surface area contributed by atoms with Crippen LogP contribution in [0, 0.1) is 0 Å². The van der Waals surface area contributed by atoms with Gasteiger partial charge in [0.15, 0.2) is 0 Å². The molecule has 2 aromatic rings. The number of fused-ring (bicyclic) bond motifs is 3. The largest absolute Gasteiger partial charge is 0.480 e. The van der Waals surface area contributed by atoms with E-state index in [0.29, 0.717) is 0 Å². The average Bonchev–Trinajstić information content (AvgIpc) is 3.15. The Bertz CT molecular complexity index is 1060. The Balaban J connectivity index is 1.66. The number of rotatable bonds is 10. The predicted octanol–water partition coefficient (Wildman–Crippen LogP) is 2.68. The molecule has 1 aliphatic carbocycles. The van der Waals surface area contributed by atoms with Crippen molar-refractivity contribution in [2.45, 2.75) is 37.3 Å². The highest BCUT2D eigenvalue weighted by Crippen LogP contribution is 2.44. The second kappa shape index (κ2) is 11.4. The molecule has 0 aromatic heterocycles. The summed E-state index contributed by atoms with van der Waals surface area (Å²) < 4.78 is 35.8. The quantitative estimate of drug-likeness (QED) is 0.437. The highest BCUT2D eigenvalue weighted by atomic mass is 19.3. The lowest BCUT2D eigenvalue weighted by Crippen LogP contribution is -2.52. The van der Waals surface area contributed by atoms with Gasteiger partial charge in [0.1, 0.15) is 18.7 Å². The van der Waals surface area contributed by atoms with Gasteiger partial charge in [0.25, 0.3) is 0 Å². The van der Waals surface area contributed by atoms with Crippen LogP contribution in [0.4, 0.5) is 13.6 Å². The minimum atomic E-state index is -2.98. The second-order valence-corrected chi connectivity index (χ2v) is 7.83. The number of hydrogen-bond donors (Lipinski definition) is 3. The number of ether oxygens (including phenoxy) is 2. The fourth-order valence-electron chi connectivity index (χ4n) is 3.91. The third kappa shape index (κ3) is 6.31. The first kappa shape index (κ1) is 25.6. The number of carbonyl (C=O) groups is 4. The summed E-state index contributed by atoms with van der Waals surface area (Å²) in [6, 6.07) is 11.7. The number of alkyl carbamates (subject to hydrolysis) is 1. The van der Waals surface area contributed by atoms with E-state index in [1.54, 1.807) is 0 Å². The minimum absolute atomic E-state index is 0.108. The Labute approximate surface area is 199 Å². The summed E-state index contributed by atoms with van der Waals surface area (Å²) in [5.74, 6) is -3.98. The average molecular weight is 490 g/mol. The van der Waals surface area contributed by atoms with Crippen LogP contribution in [0.15, 0.2) is 48.5 Å². The Morgan fingerprint density at radius 3 is 2.03 bits per heavy atom. The summed E-state index contributed by atoms with van der Waals surface area (Å²) in [5, 5.41) is 13.2. The summed E-state index contributed by atoms with van der Waals surface area (Å²) >= 11 is 0. The van der Waals surface area contributed by atoms with Gasteiger partial charge in [-0.1, -0.05) is 48.5 Å². The molecule has 3 rings (SSSR count). The number of halogens is 2. The third-order valence-corrected chi connectivity index (χ3v) is 5.58. The number of carbonyl (C=O) groups excluding carboxylic acids is 3. The molecule has 1 unspecified atom stereocenters. The molecule has 9 nitrogen and oxygen atoms in total. The van der Waals surface area contributed by atoms with Gasteiger partial charge in [-0.3, -0.25) is 9.59 Å². The lowest BCUT2D eigenvalue weighted by molar-refractivity contribution is -0.149. The normalized spacial score (nSPS) is 13.8. The van der Waals surface area contributed by atoms with Crippen molar-refractivity contribution >= 4 is 23.9 Å². The van der Waals surface area contributed by atoms with E-state index < -0.39 is 55.3 Å². The number of alkyl halides is 2. The number of benzene rings is 2. The van der Waals surface area contributed by atoms with E-state index >= 15 is 0 Å². The molecule has 0 radical (unpaired) electrons. The maximum Gasteiger partial charge on any atom is 0.407 e. The molecule has 0 heterocycles. The van der Waals surface area contributed by atoms with Gasteiger partial charge < -0.3 is 25.2 Å². The molecule has 2 atom stereocenters. The monoisotopic (exact) mass is 490 g/mol. The molecule has 0 spiro atoms. The molecule has 0 saturated heterocycles. The number of nitrogens with one attached hydrogen (secondary N) is 2. The van der Waals surface area contributed by atoms with Crippen molar-refractivity contribution in [1.29, 1.82) is 0 Å². The zero-order chi connectivity index (χ0) is 25.5. The number of amides is 2. The molecule has 2 amide bonds. The van der Waals surface area contributed by atoms with Crippen LogP contribution < -0.4 is 10.6 Å². The Morgan fingerprint density at radius 1 is 0.943 bits per heavy atom. The standard InChI is InChI=1S/C24H24F2N2O7/c1-34-21(29)11-19(23(31)32)27-22(30)18(10-20(25)26)28-24(33)35-12-17-15-8-4-2-6-13(15)14-7-3-5-9-16(14)17/h2-9,17-20H,10-12H2,1H3,(H,27,30)(H,28,33)(H,31,32)/t18?,19-/m1/s1. The molecule has 186 valence electrons. The molecule has 1 aliphatic rings. The van der Waals surface area contributed by atoms with E-state index in [1.807, 2.05) is 53.8 Å². The number of carboxylic acid groups (broad SMARTS) is 1. The van der Waals surface area contributed by atoms with E-state index in [1.165, 1.54) is 0 Å². The van der Waals surface area contributed by atoms with Crippen LogP contribution in [-0.2, 0) is 23.9 Å². The lowest BCUT2D eigenvalue weighted by atomic mass is 9.98. The third-order valence-electron chi connectivity index (χ3n) is 5.58. The second-order valence-electron chi connectivity index (χ2n) is 7.83. The summed E-state index contributed by atoms with van der Waals surface area (Å²) in [4.78, 5) is 47.6. The van der Waals surface area contributed by atoms with Crippen molar-refractivity contribution < 1.29 is 42.5 Å². The van der Waals surface area contributed by atoms with Crippen LogP contribution >= 0.6 is 0 Å².